The molecule has 0 aromatic heterocycles. The monoisotopic (exact) mass is 325 g/mol. The summed E-state index contributed by atoms with van der Waals surface area (Å²) >= 11 is 17.7. The van der Waals surface area contributed by atoms with Gasteiger partial charge in [-0.15, -0.1) is 0 Å². The van der Waals surface area contributed by atoms with Crippen LogP contribution in [-0.4, -0.2) is 37.4 Å². The molecule has 7 heteroatoms. The molecule has 1 unspecified atom stereocenters. The van der Waals surface area contributed by atoms with Crippen molar-refractivity contribution in [1.29, 1.82) is 0 Å². The maximum absolute atomic E-state index is 11.9. The minimum absolute atomic E-state index is 0.115. The molecule has 1 rings (SSSR count). The van der Waals surface area contributed by atoms with E-state index in [1.54, 1.807) is 0 Å². The zero-order valence-corrected chi connectivity index (χ0v) is 12.5. The van der Waals surface area contributed by atoms with Crippen LogP contribution in [-0.2, 0) is 4.74 Å². The largest absolute Gasteiger partial charge is 0.391 e. The van der Waals surface area contributed by atoms with Crippen LogP contribution in [0, 0.1) is 0 Å². The molecule has 1 atom stereocenters. The highest BCUT2D eigenvalue weighted by Crippen LogP contribution is 2.31. The van der Waals surface area contributed by atoms with E-state index >= 15 is 0 Å². The normalized spacial score (nSPS) is 12.3. The SMILES string of the molecule is COCC(O)CCNC(=O)c1c(Cl)ccc(Cl)c1Cl. The van der Waals surface area contributed by atoms with Gasteiger partial charge in [0, 0.05) is 13.7 Å². The summed E-state index contributed by atoms with van der Waals surface area (Å²) in [6, 6.07) is 3.02. The fraction of sp³-hybridized carbons (Fsp3) is 0.417. The van der Waals surface area contributed by atoms with Crippen LogP contribution in [0.25, 0.3) is 0 Å². The number of halogens is 3. The third-order valence-electron chi connectivity index (χ3n) is 2.39. The number of amides is 1. The summed E-state index contributed by atoms with van der Waals surface area (Å²) in [6.45, 7) is 0.497. The quantitative estimate of drug-likeness (QED) is 0.790. The molecule has 0 aliphatic rings. The Morgan fingerprint density at radius 2 is 2.00 bits per heavy atom. The molecule has 0 heterocycles. The Bertz CT molecular complexity index is 454. The summed E-state index contributed by atoms with van der Waals surface area (Å²) in [5.41, 5.74) is 0.136. The molecule has 2 N–H and O–H groups in total. The molecule has 0 saturated carbocycles. The predicted molar refractivity (Wildman–Crippen MR) is 76.3 cm³/mol. The van der Waals surface area contributed by atoms with Crippen molar-refractivity contribution in [2.75, 3.05) is 20.3 Å². The van der Waals surface area contributed by atoms with Gasteiger partial charge < -0.3 is 15.2 Å². The van der Waals surface area contributed by atoms with Gasteiger partial charge in [0.25, 0.3) is 5.91 Å². The van der Waals surface area contributed by atoms with Crippen molar-refractivity contribution in [3.05, 3.63) is 32.8 Å². The van der Waals surface area contributed by atoms with Crippen LogP contribution in [0.1, 0.15) is 16.8 Å². The van der Waals surface area contributed by atoms with Crippen molar-refractivity contribution >= 4 is 40.7 Å². The van der Waals surface area contributed by atoms with Crippen LogP contribution in [0.15, 0.2) is 12.1 Å². The number of benzene rings is 1. The van der Waals surface area contributed by atoms with E-state index in [4.69, 9.17) is 39.5 Å². The van der Waals surface area contributed by atoms with Crippen LogP contribution in [0.2, 0.25) is 15.1 Å². The zero-order chi connectivity index (χ0) is 14.4. The summed E-state index contributed by atoms with van der Waals surface area (Å²) in [5, 5.41) is 12.7. The number of carbonyl (C=O) groups is 1. The molecule has 0 fully saturated rings. The Morgan fingerprint density at radius 1 is 1.37 bits per heavy atom. The molecule has 1 amide bonds. The first-order valence-corrected chi connectivity index (χ1v) is 6.69. The Kier molecular flexibility index (Phi) is 6.89. The van der Waals surface area contributed by atoms with E-state index in [9.17, 15) is 9.90 Å². The summed E-state index contributed by atoms with van der Waals surface area (Å²) in [6.07, 6.45) is -0.259. The molecule has 0 radical (unpaired) electrons. The van der Waals surface area contributed by atoms with Gasteiger partial charge in [-0.2, -0.15) is 0 Å². The highest BCUT2D eigenvalue weighted by Gasteiger charge is 2.17. The third-order valence-corrected chi connectivity index (χ3v) is 3.51. The summed E-state index contributed by atoms with van der Waals surface area (Å²) < 4.78 is 4.78. The fourth-order valence-electron chi connectivity index (χ4n) is 1.45. The second kappa shape index (κ2) is 7.92. The molecular formula is C12H14Cl3NO3. The van der Waals surface area contributed by atoms with Crippen molar-refractivity contribution in [1.82, 2.24) is 5.32 Å². The van der Waals surface area contributed by atoms with Gasteiger partial charge in [0.05, 0.1) is 33.3 Å². The molecule has 0 saturated heterocycles. The number of hydrogen-bond acceptors (Lipinski definition) is 3. The maximum atomic E-state index is 11.9. The summed E-state index contributed by atoms with van der Waals surface area (Å²) in [7, 11) is 1.49. The lowest BCUT2D eigenvalue weighted by Crippen LogP contribution is -2.29. The molecular weight excluding hydrogens is 312 g/mol. The fourth-order valence-corrected chi connectivity index (χ4v) is 2.15. The van der Waals surface area contributed by atoms with Crippen LogP contribution in [0.5, 0.6) is 0 Å². The second-order valence-corrected chi connectivity index (χ2v) is 5.06. The first-order chi connectivity index (χ1) is 8.97. The minimum Gasteiger partial charge on any atom is -0.391 e. The smallest absolute Gasteiger partial charge is 0.254 e. The molecule has 0 aliphatic heterocycles. The van der Waals surface area contributed by atoms with Gasteiger partial charge in [-0.1, -0.05) is 34.8 Å². The Balaban J connectivity index is 2.62. The van der Waals surface area contributed by atoms with Crippen molar-refractivity contribution < 1.29 is 14.6 Å². The van der Waals surface area contributed by atoms with Gasteiger partial charge in [-0.3, -0.25) is 4.79 Å². The molecule has 4 nitrogen and oxygen atoms in total. The molecule has 19 heavy (non-hydrogen) atoms. The first-order valence-electron chi connectivity index (χ1n) is 5.56. The standard InChI is InChI=1S/C12H14Cl3NO3/c1-19-6-7(17)4-5-16-12(18)10-8(13)2-3-9(14)11(10)15/h2-3,7,17H,4-6H2,1H3,(H,16,18). The Hall–Kier alpha value is -0.520. The van der Waals surface area contributed by atoms with Crippen molar-refractivity contribution in [2.24, 2.45) is 0 Å². The molecule has 0 aliphatic carbocycles. The lowest BCUT2D eigenvalue weighted by atomic mass is 10.2. The molecule has 1 aromatic rings. The van der Waals surface area contributed by atoms with E-state index in [0.717, 1.165) is 0 Å². The lowest BCUT2D eigenvalue weighted by Gasteiger charge is -2.12. The van der Waals surface area contributed by atoms with Crippen molar-refractivity contribution in [3.63, 3.8) is 0 Å². The average Bonchev–Trinajstić information content (AvgIpc) is 2.35. The molecule has 1 aromatic carbocycles. The maximum Gasteiger partial charge on any atom is 0.254 e. The second-order valence-electron chi connectivity index (χ2n) is 3.87. The number of hydrogen-bond donors (Lipinski definition) is 2. The van der Waals surface area contributed by atoms with Crippen molar-refractivity contribution in [2.45, 2.75) is 12.5 Å². The number of methoxy groups -OCH3 is 1. The average molecular weight is 327 g/mol. The predicted octanol–water partition coefficient (Wildman–Crippen LogP) is 2.77. The van der Waals surface area contributed by atoms with Gasteiger partial charge in [0.2, 0.25) is 0 Å². The van der Waals surface area contributed by atoms with Crippen LogP contribution in [0.4, 0.5) is 0 Å². The number of ether oxygens (including phenoxy) is 1. The number of carbonyl (C=O) groups excluding carboxylic acids is 1. The lowest BCUT2D eigenvalue weighted by molar-refractivity contribution is 0.0588. The molecule has 0 bridgehead atoms. The topological polar surface area (TPSA) is 58.6 Å². The Morgan fingerprint density at radius 3 is 2.63 bits per heavy atom. The van der Waals surface area contributed by atoms with E-state index in [-0.39, 0.29) is 33.8 Å². The first kappa shape index (κ1) is 16.5. The summed E-state index contributed by atoms with van der Waals surface area (Å²) in [4.78, 5) is 11.9. The molecule has 106 valence electrons. The van der Waals surface area contributed by atoms with Gasteiger partial charge in [0.15, 0.2) is 0 Å². The van der Waals surface area contributed by atoms with Crippen LogP contribution < -0.4 is 5.32 Å². The highest BCUT2D eigenvalue weighted by atomic mass is 35.5. The highest BCUT2D eigenvalue weighted by molar-refractivity contribution is 6.46. The van der Waals surface area contributed by atoms with E-state index in [0.29, 0.717) is 6.42 Å². The summed E-state index contributed by atoms with van der Waals surface area (Å²) in [5.74, 6) is -0.429. The van der Waals surface area contributed by atoms with Gasteiger partial charge >= 0.3 is 0 Å². The number of aliphatic hydroxyl groups excluding tert-OH is 1. The van der Waals surface area contributed by atoms with Gasteiger partial charge in [0.1, 0.15) is 0 Å². The number of rotatable bonds is 6. The zero-order valence-electron chi connectivity index (χ0n) is 10.3. The van der Waals surface area contributed by atoms with E-state index in [2.05, 4.69) is 5.32 Å². The number of nitrogens with one attached hydrogen (secondary N) is 1. The Labute approximate surface area is 126 Å². The van der Waals surface area contributed by atoms with Gasteiger partial charge in [-0.25, -0.2) is 0 Å². The third kappa shape index (κ3) is 4.82. The van der Waals surface area contributed by atoms with Crippen molar-refractivity contribution in [3.8, 4) is 0 Å². The van der Waals surface area contributed by atoms with Crippen LogP contribution in [0.3, 0.4) is 0 Å². The van der Waals surface area contributed by atoms with Gasteiger partial charge in [-0.05, 0) is 18.6 Å². The minimum atomic E-state index is -0.629. The van der Waals surface area contributed by atoms with E-state index < -0.39 is 12.0 Å². The van der Waals surface area contributed by atoms with Crippen LogP contribution >= 0.6 is 34.8 Å². The number of aliphatic hydroxyl groups is 1. The molecule has 0 spiro atoms. The van der Waals surface area contributed by atoms with E-state index in [1.807, 2.05) is 0 Å². The van der Waals surface area contributed by atoms with E-state index in [1.165, 1.54) is 19.2 Å².